The molecular weight excluding hydrogens is 446 g/mol. The maximum Gasteiger partial charge on any atom is 0.181 e. The predicted octanol–water partition coefficient (Wildman–Crippen LogP) is 3.15. The average molecular weight is 476 g/mol. The van der Waals surface area contributed by atoms with Crippen molar-refractivity contribution >= 4 is 11.0 Å². The highest BCUT2D eigenvalue weighted by Gasteiger charge is 2.46. The second-order valence-corrected chi connectivity index (χ2v) is 9.54. The van der Waals surface area contributed by atoms with Gasteiger partial charge in [-0.15, -0.1) is 0 Å². The Morgan fingerprint density at radius 1 is 1.23 bits per heavy atom. The molecule has 0 amide bonds. The summed E-state index contributed by atoms with van der Waals surface area (Å²) in [5, 5.41) is 12.3. The van der Waals surface area contributed by atoms with Gasteiger partial charge in [0.1, 0.15) is 36.0 Å². The number of methoxy groups -OCH3 is 1. The van der Waals surface area contributed by atoms with Gasteiger partial charge in [-0.3, -0.25) is 0 Å². The van der Waals surface area contributed by atoms with Gasteiger partial charge < -0.3 is 28.5 Å². The molecule has 1 N–H and O–H groups in total. The first-order chi connectivity index (χ1) is 17.0. The Morgan fingerprint density at radius 3 is 2.91 bits per heavy atom. The van der Waals surface area contributed by atoms with Gasteiger partial charge in [-0.05, 0) is 44.2 Å². The minimum absolute atomic E-state index is 0.122. The summed E-state index contributed by atoms with van der Waals surface area (Å²) in [6.07, 6.45) is 6.57. The zero-order valence-corrected chi connectivity index (χ0v) is 20.1. The van der Waals surface area contributed by atoms with Crippen molar-refractivity contribution in [1.82, 2.24) is 24.4 Å². The van der Waals surface area contributed by atoms with Crippen molar-refractivity contribution in [3.63, 3.8) is 0 Å². The summed E-state index contributed by atoms with van der Waals surface area (Å²) in [5.74, 6) is 1.47. The zero-order chi connectivity index (χ0) is 24.1. The number of fused-ring (bicyclic) bond motifs is 2. The molecule has 9 heteroatoms. The monoisotopic (exact) mass is 475 g/mol. The molecule has 0 bridgehead atoms. The number of ether oxygens (including phenoxy) is 2. The van der Waals surface area contributed by atoms with Crippen LogP contribution in [-0.2, 0) is 17.7 Å². The molecule has 6 rings (SSSR count). The van der Waals surface area contributed by atoms with Crippen LogP contribution in [-0.4, -0.2) is 68.5 Å². The zero-order valence-electron chi connectivity index (χ0n) is 20.1. The van der Waals surface area contributed by atoms with Gasteiger partial charge in [-0.2, -0.15) is 0 Å². The predicted molar refractivity (Wildman–Crippen MR) is 129 cm³/mol. The maximum absolute atomic E-state index is 11.3. The van der Waals surface area contributed by atoms with Gasteiger partial charge in [0.2, 0.25) is 0 Å². The number of hydrogen-bond donors (Lipinski definition) is 1. The van der Waals surface area contributed by atoms with Crippen LogP contribution >= 0.6 is 0 Å². The molecule has 0 spiro atoms. The number of aromatic nitrogens is 4. The maximum atomic E-state index is 11.3. The Bertz CT molecular complexity index is 1350. The Kier molecular flexibility index (Phi) is 5.55. The number of oxazole rings is 1. The number of aryl methyl sites for hydroxylation is 1. The molecule has 9 nitrogen and oxygen atoms in total. The Balaban J connectivity index is 1.35. The van der Waals surface area contributed by atoms with Crippen molar-refractivity contribution < 1.29 is 19.0 Å². The molecule has 4 unspecified atom stereocenters. The highest BCUT2D eigenvalue weighted by Crippen LogP contribution is 2.40. The van der Waals surface area contributed by atoms with E-state index in [9.17, 15) is 5.11 Å². The highest BCUT2D eigenvalue weighted by molar-refractivity contribution is 5.78. The fraction of sp³-hybridized carbons (Fsp3) is 0.423. The third-order valence-electron chi connectivity index (χ3n) is 7.40. The molecule has 4 atom stereocenters. The molecule has 1 fully saturated rings. The van der Waals surface area contributed by atoms with Gasteiger partial charge in [0.25, 0.3) is 0 Å². The van der Waals surface area contributed by atoms with Crippen LogP contribution in [0.2, 0.25) is 0 Å². The van der Waals surface area contributed by atoms with Gasteiger partial charge in [0.05, 0.1) is 17.9 Å². The summed E-state index contributed by atoms with van der Waals surface area (Å²) in [6, 6.07) is 6.06. The lowest BCUT2D eigenvalue weighted by molar-refractivity contribution is -0.0388. The number of nitrogens with zero attached hydrogens (tertiary/aromatic N) is 5. The largest absolute Gasteiger partial charge is 0.487 e. The minimum atomic E-state index is -0.795. The van der Waals surface area contributed by atoms with Crippen LogP contribution in [0.5, 0.6) is 5.75 Å². The lowest BCUT2D eigenvalue weighted by Crippen LogP contribution is -2.36. The van der Waals surface area contributed by atoms with Crippen molar-refractivity contribution in [2.75, 3.05) is 20.7 Å². The molecule has 1 aromatic carbocycles. The van der Waals surface area contributed by atoms with Gasteiger partial charge in [-0.25, -0.2) is 15.0 Å². The highest BCUT2D eigenvalue weighted by atomic mass is 16.5. The number of rotatable bonds is 5. The van der Waals surface area contributed by atoms with E-state index in [4.69, 9.17) is 13.9 Å². The van der Waals surface area contributed by atoms with Crippen LogP contribution < -0.4 is 4.74 Å². The first-order valence-electron chi connectivity index (χ1n) is 11.9. The van der Waals surface area contributed by atoms with E-state index in [1.807, 2.05) is 25.3 Å². The van der Waals surface area contributed by atoms with Crippen LogP contribution in [0.3, 0.4) is 0 Å². The molecule has 1 aliphatic carbocycles. The summed E-state index contributed by atoms with van der Waals surface area (Å²) >= 11 is 0. The fourth-order valence-electron chi connectivity index (χ4n) is 5.54. The molecule has 4 heterocycles. The van der Waals surface area contributed by atoms with Gasteiger partial charge in [0.15, 0.2) is 12.2 Å². The van der Waals surface area contributed by atoms with E-state index in [-0.39, 0.29) is 6.04 Å². The van der Waals surface area contributed by atoms with E-state index in [1.165, 1.54) is 12.0 Å². The molecule has 4 aromatic rings. The topological polar surface area (TPSA) is 98.7 Å². The van der Waals surface area contributed by atoms with Crippen LogP contribution in [0.1, 0.15) is 29.3 Å². The first kappa shape index (κ1) is 22.2. The van der Waals surface area contributed by atoms with Crippen molar-refractivity contribution in [3.05, 3.63) is 60.1 Å². The van der Waals surface area contributed by atoms with E-state index in [2.05, 4.69) is 37.5 Å². The number of likely N-dealkylation sites (N-methyl/N-ethyl adjacent to an activating group) is 1. The first-order valence-corrected chi connectivity index (χ1v) is 11.9. The molecular formula is C26H29N5O4. The number of aliphatic hydroxyl groups excluding tert-OH is 1. The Labute approximate surface area is 203 Å². The van der Waals surface area contributed by atoms with E-state index in [1.54, 1.807) is 19.6 Å². The number of hydrogen-bond acceptors (Lipinski definition) is 8. The third-order valence-corrected chi connectivity index (χ3v) is 7.40. The van der Waals surface area contributed by atoms with Crippen molar-refractivity contribution in [1.29, 1.82) is 0 Å². The van der Waals surface area contributed by atoms with Gasteiger partial charge in [-0.1, -0.05) is 0 Å². The summed E-state index contributed by atoms with van der Waals surface area (Å²) in [4.78, 5) is 15.2. The van der Waals surface area contributed by atoms with Crippen molar-refractivity contribution in [2.24, 2.45) is 0 Å². The standard InChI is InChI=1S/C26H29N5O4/c1-15-18-5-7-31(26(18)29-13-28-15)20-10-22(24(32)25(20)33-3)35-21-9-17(23-11-27-14-34-23)8-16-4-6-30(2)12-19(16)21/h5,7-9,11,13-14,20,22,24-25,32H,4,6,10,12H2,1-3H3. The lowest BCUT2D eigenvalue weighted by atomic mass is 9.95. The lowest BCUT2D eigenvalue weighted by Gasteiger charge is -2.29. The molecule has 182 valence electrons. The summed E-state index contributed by atoms with van der Waals surface area (Å²) < 4.78 is 20.0. The molecule has 1 saturated carbocycles. The summed E-state index contributed by atoms with van der Waals surface area (Å²) in [5.41, 5.74) is 5.08. The molecule has 2 aliphatic rings. The molecule has 35 heavy (non-hydrogen) atoms. The smallest absolute Gasteiger partial charge is 0.181 e. The number of aliphatic hydroxyl groups is 1. The van der Waals surface area contributed by atoms with E-state index in [0.717, 1.165) is 53.1 Å². The second-order valence-electron chi connectivity index (χ2n) is 9.54. The Hall–Kier alpha value is -3.27. The van der Waals surface area contributed by atoms with E-state index in [0.29, 0.717) is 12.2 Å². The third kappa shape index (κ3) is 3.80. The second kappa shape index (κ2) is 8.75. The van der Waals surface area contributed by atoms with Crippen molar-refractivity contribution in [3.8, 4) is 17.1 Å². The van der Waals surface area contributed by atoms with Gasteiger partial charge >= 0.3 is 0 Å². The molecule has 0 saturated heterocycles. The average Bonchev–Trinajstić information content (AvgIpc) is 3.59. The minimum Gasteiger partial charge on any atom is -0.487 e. The van der Waals surface area contributed by atoms with Gasteiger partial charge in [0, 0.05) is 49.3 Å². The summed E-state index contributed by atoms with van der Waals surface area (Å²) in [7, 11) is 3.75. The van der Waals surface area contributed by atoms with E-state index < -0.39 is 18.3 Å². The number of benzene rings is 1. The van der Waals surface area contributed by atoms with Crippen LogP contribution in [0.4, 0.5) is 0 Å². The van der Waals surface area contributed by atoms with Crippen LogP contribution in [0.25, 0.3) is 22.4 Å². The quantitative estimate of drug-likeness (QED) is 0.470. The van der Waals surface area contributed by atoms with E-state index >= 15 is 0 Å². The van der Waals surface area contributed by atoms with Crippen LogP contribution in [0, 0.1) is 6.92 Å². The Morgan fingerprint density at radius 2 is 2.11 bits per heavy atom. The molecule has 0 radical (unpaired) electrons. The SMILES string of the molecule is COC1C(O)C(Oc2cc(-c3cnco3)cc3c2CN(C)CC3)CC1n1ccc2c(C)ncnc21. The van der Waals surface area contributed by atoms with Crippen molar-refractivity contribution in [2.45, 2.75) is 50.7 Å². The normalized spacial score (nSPS) is 24.7. The fourth-order valence-corrected chi connectivity index (χ4v) is 5.54. The molecule has 1 aliphatic heterocycles. The molecule has 3 aromatic heterocycles. The van der Waals surface area contributed by atoms with Crippen LogP contribution in [0.15, 0.2) is 47.7 Å². The summed E-state index contributed by atoms with van der Waals surface area (Å²) in [6.45, 7) is 3.74.